The van der Waals surface area contributed by atoms with Crippen molar-refractivity contribution in [3.05, 3.63) is 35.9 Å². The van der Waals surface area contributed by atoms with Crippen molar-refractivity contribution >= 4 is 0 Å². The molecular weight excluding hydrogens is 212 g/mol. The molecule has 1 saturated heterocycles. The van der Waals surface area contributed by atoms with E-state index in [4.69, 9.17) is 4.74 Å². The lowest BCUT2D eigenvalue weighted by Crippen LogP contribution is -2.38. The maximum atomic E-state index is 11.1. The maximum absolute atomic E-state index is 11.1. The molecule has 17 heavy (non-hydrogen) atoms. The van der Waals surface area contributed by atoms with E-state index in [9.17, 15) is 5.11 Å². The van der Waals surface area contributed by atoms with Gasteiger partial charge in [0, 0.05) is 13.2 Å². The fourth-order valence-corrected chi connectivity index (χ4v) is 2.87. The quantitative estimate of drug-likeness (QED) is 0.867. The molecule has 1 aliphatic rings. The van der Waals surface area contributed by atoms with E-state index in [-0.39, 0.29) is 0 Å². The molecule has 2 rings (SSSR count). The van der Waals surface area contributed by atoms with Gasteiger partial charge in [-0.1, -0.05) is 43.7 Å². The van der Waals surface area contributed by atoms with Gasteiger partial charge in [-0.15, -0.1) is 0 Å². The lowest BCUT2D eigenvalue weighted by molar-refractivity contribution is -0.0764. The summed E-state index contributed by atoms with van der Waals surface area (Å²) in [6, 6.07) is 10.1. The SMILES string of the molecule is CCCC(O)(c1ccccc1)C1CCOCC1. The maximum Gasteiger partial charge on any atom is 0.0926 e. The second-order valence-electron chi connectivity index (χ2n) is 4.93. The summed E-state index contributed by atoms with van der Waals surface area (Å²) < 4.78 is 5.40. The molecular formula is C15H22O2. The molecule has 94 valence electrons. The highest BCUT2D eigenvalue weighted by Crippen LogP contribution is 2.39. The van der Waals surface area contributed by atoms with E-state index in [0.29, 0.717) is 5.92 Å². The van der Waals surface area contributed by atoms with Gasteiger partial charge in [0.15, 0.2) is 0 Å². The molecule has 1 atom stereocenters. The zero-order valence-electron chi connectivity index (χ0n) is 10.6. The Balaban J connectivity index is 2.24. The second-order valence-corrected chi connectivity index (χ2v) is 4.93. The van der Waals surface area contributed by atoms with Crippen LogP contribution in [0, 0.1) is 5.92 Å². The molecule has 0 amide bonds. The summed E-state index contributed by atoms with van der Waals surface area (Å²) in [5.74, 6) is 0.332. The molecule has 1 fully saturated rings. The lowest BCUT2D eigenvalue weighted by Gasteiger charge is -2.39. The van der Waals surface area contributed by atoms with Crippen molar-refractivity contribution < 1.29 is 9.84 Å². The molecule has 2 nitrogen and oxygen atoms in total. The van der Waals surface area contributed by atoms with Crippen LogP contribution >= 0.6 is 0 Å². The predicted octanol–water partition coefficient (Wildman–Crippen LogP) is 3.10. The highest BCUT2D eigenvalue weighted by molar-refractivity contribution is 5.23. The molecule has 2 heteroatoms. The monoisotopic (exact) mass is 234 g/mol. The minimum absolute atomic E-state index is 0.332. The van der Waals surface area contributed by atoms with Gasteiger partial charge in [0.05, 0.1) is 5.60 Å². The fraction of sp³-hybridized carbons (Fsp3) is 0.600. The second kappa shape index (κ2) is 5.65. The number of aliphatic hydroxyl groups is 1. The first kappa shape index (κ1) is 12.6. The summed E-state index contributed by atoms with van der Waals surface area (Å²) in [6.45, 7) is 3.69. The Morgan fingerprint density at radius 1 is 1.24 bits per heavy atom. The topological polar surface area (TPSA) is 29.5 Å². The van der Waals surface area contributed by atoms with Crippen molar-refractivity contribution in [2.75, 3.05) is 13.2 Å². The molecule has 0 radical (unpaired) electrons. The third-order valence-corrected chi connectivity index (χ3v) is 3.80. The number of hydrogen-bond acceptors (Lipinski definition) is 2. The summed E-state index contributed by atoms with van der Waals surface area (Å²) >= 11 is 0. The largest absolute Gasteiger partial charge is 0.385 e. The van der Waals surface area contributed by atoms with Gasteiger partial charge in [-0.25, -0.2) is 0 Å². The molecule has 0 aliphatic carbocycles. The van der Waals surface area contributed by atoms with Crippen LogP contribution < -0.4 is 0 Å². The van der Waals surface area contributed by atoms with E-state index in [1.54, 1.807) is 0 Å². The van der Waals surface area contributed by atoms with Gasteiger partial charge in [-0.05, 0) is 30.7 Å². The smallest absolute Gasteiger partial charge is 0.0926 e. The number of rotatable bonds is 4. The number of hydrogen-bond donors (Lipinski definition) is 1. The summed E-state index contributed by atoms with van der Waals surface area (Å²) in [5.41, 5.74) is 0.397. The van der Waals surface area contributed by atoms with Crippen molar-refractivity contribution in [1.29, 1.82) is 0 Å². The van der Waals surface area contributed by atoms with Crippen LogP contribution in [0.1, 0.15) is 38.2 Å². The van der Waals surface area contributed by atoms with Crippen molar-refractivity contribution in [2.45, 2.75) is 38.2 Å². The first-order valence-electron chi connectivity index (χ1n) is 6.63. The standard InChI is InChI=1S/C15H22O2/c1-2-10-15(16,13-6-4-3-5-7-13)14-8-11-17-12-9-14/h3-7,14,16H,2,8-12H2,1H3. The summed E-state index contributed by atoms with van der Waals surface area (Å²) in [4.78, 5) is 0. The minimum Gasteiger partial charge on any atom is -0.385 e. The normalized spacial score (nSPS) is 21.1. The first-order valence-corrected chi connectivity index (χ1v) is 6.63. The van der Waals surface area contributed by atoms with Gasteiger partial charge >= 0.3 is 0 Å². The minimum atomic E-state index is -0.667. The van der Waals surface area contributed by atoms with Crippen LogP contribution in [0.25, 0.3) is 0 Å². The van der Waals surface area contributed by atoms with E-state index in [1.165, 1.54) is 0 Å². The van der Waals surface area contributed by atoms with E-state index in [0.717, 1.165) is 44.5 Å². The van der Waals surface area contributed by atoms with Gasteiger partial charge in [-0.2, -0.15) is 0 Å². The van der Waals surface area contributed by atoms with E-state index >= 15 is 0 Å². The van der Waals surface area contributed by atoms with Gasteiger partial charge < -0.3 is 9.84 Å². The summed E-state index contributed by atoms with van der Waals surface area (Å²) in [6.07, 6.45) is 3.77. The Hall–Kier alpha value is -0.860. The lowest BCUT2D eigenvalue weighted by atomic mass is 9.74. The van der Waals surface area contributed by atoms with E-state index < -0.39 is 5.60 Å². The van der Waals surface area contributed by atoms with Gasteiger partial charge in [0.1, 0.15) is 0 Å². The first-order chi connectivity index (χ1) is 8.27. The molecule has 1 aromatic rings. The zero-order chi connectivity index (χ0) is 12.1. The molecule has 1 aliphatic heterocycles. The van der Waals surface area contributed by atoms with Crippen LogP contribution in [0.4, 0.5) is 0 Å². The molecule has 1 N–H and O–H groups in total. The fourth-order valence-electron chi connectivity index (χ4n) is 2.87. The van der Waals surface area contributed by atoms with Crippen molar-refractivity contribution in [1.82, 2.24) is 0 Å². The van der Waals surface area contributed by atoms with E-state index in [2.05, 4.69) is 6.92 Å². The van der Waals surface area contributed by atoms with Crippen LogP contribution in [0.15, 0.2) is 30.3 Å². The average Bonchev–Trinajstić information content (AvgIpc) is 2.41. The molecule has 0 saturated carbocycles. The molecule has 1 aromatic carbocycles. The Kier molecular flexibility index (Phi) is 4.19. The Morgan fingerprint density at radius 2 is 1.88 bits per heavy atom. The van der Waals surface area contributed by atoms with Crippen LogP contribution in [-0.4, -0.2) is 18.3 Å². The highest BCUT2D eigenvalue weighted by atomic mass is 16.5. The van der Waals surface area contributed by atoms with Gasteiger partial charge in [0.25, 0.3) is 0 Å². The zero-order valence-corrected chi connectivity index (χ0v) is 10.6. The third kappa shape index (κ3) is 2.70. The predicted molar refractivity (Wildman–Crippen MR) is 68.8 cm³/mol. The van der Waals surface area contributed by atoms with Crippen LogP contribution in [0.5, 0.6) is 0 Å². The molecule has 1 heterocycles. The van der Waals surface area contributed by atoms with Crippen molar-refractivity contribution in [3.63, 3.8) is 0 Å². The summed E-state index contributed by atoms with van der Waals surface area (Å²) in [7, 11) is 0. The van der Waals surface area contributed by atoms with Crippen LogP contribution in [0.2, 0.25) is 0 Å². The van der Waals surface area contributed by atoms with Crippen molar-refractivity contribution in [3.8, 4) is 0 Å². The molecule has 0 spiro atoms. The Morgan fingerprint density at radius 3 is 2.47 bits per heavy atom. The number of ether oxygens (including phenoxy) is 1. The molecule has 0 aromatic heterocycles. The molecule has 0 bridgehead atoms. The van der Waals surface area contributed by atoms with Gasteiger partial charge in [-0.3, -0.25) is 0 Å². The average molecular weight is 234 g/mol. The van der Waals surface area contributed by atoms with Crippen LogP contribution in [0.3, 0.4) is 0 Å². The third-order valence-electron chi connectivity index (χ3n) is 3.80. The Bertz CT molecular complexity index is 330. The molecule has 1 unspecified atom stereocenters. The number of benzene rings is 1. The van der Waals surface area contributed by atoms with Crippen LogP contribution in [-0.2, 0) is 10.3 Å². The van der Waals surface area contributed by atoms with E-state index in [1.807, 2.05) is 30.3 Å². The highest BCUT2D eigenvalue weighted by Gasteiger charge is 2.38. The van der Waals surface area contributed by atoms with Gasteiger partial charge in [0.2, 0.25) is 0 Å². The van der Waals surface area contributed by atoms with Crippen molar-refractivity contribution in [2.24, 2.45) is 5.92 Å². The summed E-state index contributed by atoms with van der Waals surface area (Å²) in [5, 5.41) is 11.1. The Labute approximate surface area is 104 Å².